The molecule has 3 rings (SSSR count). The van der Waals surface area contributed by atoms with Gasteiger partial charge < -0.3 is 14.8 Å². The Labute approximate surface area is 154 Å². The highest BCUT2D eigenvalue weighted by Gasteiger charge is 2.33. The van der Waals surface area contributed by atoms with Crippen LogP contribution in [0.15, 0.2) is 36.5 Å². The Morgan fingerprint density at radius 2 is 2.15 bits per heavy atom. The van der Waals surface area contributed by atoms with Crippen molar-refractivity contribution in [1.82, 2.24) is 9.78 Å². The van der Waals surface area contributed by atoms with Gasteiger partial charge in [-0.2, -0.15) is 18.3 Å². The van der Waals surface area contributed by atoms with Gasteiger partial charge in [-0.3, -0.25) is 4.79 Å². The van der Waals surface area contributed by atoms with Crippen molar-refractivity contribution < 1.29 is 27.4 Å². The second-order valence-electron chi connectivity index (χ2n) is 6.23. The van der Waals surface area contributed by atoms with Crippen molar-refractivity contribution in [3.63, 3.8) is 0 Å². The number of alkyl halides is 3. The van der Waals surface area contributed by atoms with Crippen LogP contribution in [0, 0.1) is 0 Å². The van der Waals surface area contributed by atoms with Crippen LogP contribution in [0.1, 0.15) is 24.0 Å². The molecule has 1 fully saturated rings. The van der Waals surface area contributed by atoms with Crippen molar-refractivity contribution in [2.75, 3.05) is 25.1 Å². The number of hydrogen-bond acceptors (Lipinski definition) is 4. The highest BCUT2D eigenvalue weighted by atomic mass is 19.4. The summed E-state index contributed by atoms with van der Waals surface area (Å²) >= 11 is 0. The molecule has 2 heterocycles. The van der Waals surface area contributed by atoms with Crippen molar-refractivity contribution >= 4 is 11.7 Å². The molecule has 0 saturated carbocycles. The van der Waals surface area contributed by atoms with Gasteiger partial charge in [0.05, 0.1) is 31.0 Å². The molecule has 1 aliphatic heterocycles. The van der Waals surface area contributed by atoms with Crippen molar-refractivity contribution in [2.24, 2.45) is 0 Å². The van der Waals surface area contributed by atoms with E-state index in [2.05, 4.69) is 10.4 Å². The fourth-order valence-corrected chi connectivity index (χ4v) is 2.90. The number of aromatic nitrogens is 2. The van der Waals surface area contributed by atoms with Crippen LogP contribution in [0.25, 0.3) is 0 Å². The highest BCUT2D eigenvalue weighted by Crippen LogP contribution is 2.32. The lowest BCUT2D eigenvalue weighted by molar-refractivity contribution is -0.138. The summed E-state index contributed by atoms with van der Waals surface area (Å²) in [6.45, 7) is 0.768. The molecule has 1 amide bonds. The van der Waals surface area contributed by atoms with Crippen molar-refractivity contribution in [3.8, 4) is 0 Å². The van der Waals surface area contributed by atoms with Gasteiger partial charge in [-0.15, -0.1) is 0 Å². The normalized spacial score (nSPS) is 17.2. The fraction of sp³-hybridized carbons (Fsp3) is 0.444. The standard InChI is InChI=1S/C18H20F3N3O3/c19-18(20,21)15-6-2-1-4-13(15)10-24-16(7-8-22-24)23-17(25)12-26-11-14-5-3-9-27-14/h1-2,4,6-8,14H,3,5,9-12H2,(H,23,25). The SMILES string of the molecule is O=C(COCC1CCCO1)Nc1ccnn1Cc1ccccc1C(F)(F)F. The Hall–Kier alpha value is -2.39. The van der Waals surface area contributed by atoms with E-state index in [1.807, 2.05) is 0 Å². The molecule has 146 valence electrons. The number of rotatable bonds is 7. The summed E-state index contributed by atoms with van der Waals surface area (Å²) in [5.41, 5.74) is -0.656. The highest BCUT2D eigenvalue weighted by molar-refractivity contribution is 5.90. The Bertz CT molecular complexity index is 770. The summed E-state index contributed by atoms with van der Waals surface area (Å²) in [6, 6.07) is 6.81. The first-order chi connectivity index (χ1) is 12.9. The summed E-state index contributed by atoms with van der Waals surface area (Å²) in [4.78, 5) is 12.0. The third kappa shape index (κ3) is 5.30. The molecule has 27 heavy (non-hydrogen) atoms. The van der Waals surface area contributed by atoms with E-state index in [1.165, 1.54) is 35.1 Å². The van der Waals surface area contributed by atoms with E-state index < -0.39 is 17.6 Å². The summed E-state index contributed by atoms with van der Waals surface area (Å²) in [6.07, 6.45) is -1.13. The summed E-state index contributed by atoms with van der Waals surface area (Å²) in [7, 11) is 0. The van der Waals surface area contributed by atoms with Gasteiger partial charge in [0.2, 0.25) is 0 Å². The quantitative estimate of drug-likeness (QED) is 0.798. The van der Waals surface area contributed by atoms with Crippen LogP contribution in [0.4, 0.5) is 19.0 Å². The number of anilines is 1. The van der Waals surface area contributed by atoms with Crippen LogP contribution in [0.5, 0.6) is 0 Å². The molecule has 1 N–H and O–H groups in total. The minimum atomic E-state index is -4.46. The van der Waals surface area contributed by atoms with Crippen LogP contribution in [-0.4, -0.2) is 41.6 Å². The van der Waals surface area contributed by atoms with E-state index in [9.17, 15) is 18.0 Å². The number of hydrogen-bond donors (Lipinski definition) is 1. The van der Waals surface area contributed by atoms with Gasteiger partial charge in [-0.25, -0.2) is 4.68 Å². The third-order valence-electron chi connectivity index (χ3n) is 4.19. The van der Waals surface area contributed by atoms with Crippen molar-refractivity contribution in [1.29, 1.82) is 0 Å². The largest absolute Gasteiger partial charge is 0.416 e. The van der Waals surface area contributed by atoms with Crippen LogP contribution in [0.2, 0.25) is 0 Å². The van der Waals surface area contributed by atoms with Gasteiger partial charge in [0.25, 0.3) is 5.91 Å². The maximum absolute atomic E-state index is 13.1. The average Bonchev–Trinajstić information content (AvgIpc) is 3.27. The smallest absolute Gasteiger partial charge is 0.376 e. The zero-order chi connectivity index (χ0) is 19.3. The van der Waals surface area contributed by atoms with Crippen LogP contribution in [0.3, 0.4) is 0 Å². The van der Waals surface area contributed by atoms with E-state index >= 15 is 0 Å². The predicted octanol–water partition coefficient (Wildman–Crippen LogP) is 3.08. The minimum Gasteiger partial charge on any atom is -0.376 e. The molecule has 9 heteroatoms. The van der Waals surface area contributed by atoms with Crippen LogP contribution < -0.4 is 5.32 Å². The molecule has 1 atom stereocenters. The Kier molecular flexibility index (Phi) is 6.12. The fourth-order valence-electron chi connectivity index (χ4n) is 2.90. The van der Waals surface area contributed by atoms with E-state index in [1.54, 1.807) is 0 Å². The zero-order valence-corrected chi connectivity index (χ0v) is 14.5. The molecule has 1 saturated heterocycles. The molecule has 6 nitrogen and oxygen atoms in total. The summed E-state index contributed by atoms with van der Waals surface area (Å²) in [5, 5.41) is 6.61. The maximum Gasteiger partial charge on any atom is 0.416 e. The van der Waals surface area contributed by atoms with E-state index in [4.69, 9.17) is 9.47 Å². The minimum absolute atomic E-state index is 0.0159. The first-order valence-electron chi connectivity index (χ1n) is 8.59. The molecule has 0 bridgehead atoms. The molecule has 1 aromatic heterocycles. The number of carbonyl (C=O) groups excluding carboxylic acids is 1. The number of benzene rings is 1. The van der Waals surface area contributed by atoms with Gasteiger partial charge in [0.1, 0.15) is 12.4 Å². The Morgan fingerprint density at radius 1 is 1.33 bits per heavy atom. The van der Waals surface area contributed by atoms with Gasteiger partial charge in [0.15, 0.2) is 0 Å². The first-order valence-corrected chi connectivity index (χ1v) is 8.59. The third-order valence-corrected chi connectivity index (χ3v) is 4.19. The number of ether oxygens (including phenoxy) is 2. The van der Waals surface area contributed by atoms with E-state index in [0.29, 0.717) is 19.0 Å². The van der Waals surface area contributed by atoms with Crippen LogP contribution >= 0.6 is 0 Å². The molecule has 2 aromatic rings. The number of nitrogens with one attached hydrogen (secondary N) is 1. The zero-order valence-electron chi connectivity index (χ0n) is 14.5. The van der Waals surface area contributed by atoms with Crippen LogP contribution in [-0.2, 0) is 27.0 Å². The molecule has 0 radical (unpaired) electrons. The van der Waals surface area contributed by atoms with Crippen molar-refractivity contribution in [3.05, 3.63) is 47.7 Å². The Balaban J connectivity index is 1.59. The molecule has 1 aliphatic rings. The predicted molar refractivity (Wildman–Crippen MR) is 91.2 cm³/mol. The number of nitrogens with zero attached hydrogens (tertiary/aromatic N) is 2. The van der Waals surface area contributed by atoms with E-state index in [-0.39, 0.29) is 24.8 Å². The lowest BCUT2D eigenvalue weighted by atomic mass is 10.1. The first kappa shape index (κ1) is 19.4. The van der Waals surface area contributed by atoms with Gasteiger partial charge in [-0.1, -0.05) is 18.2 Å². The monoisotopic (exact) mass is 383 g/mol. The van der Waals surface area contributed by atoms with Gasteiger partial charge in [0, 0.05) is 12.7 Å². The average molecular weight is 383 g/mol. The van der Waals surface area contributed by atoms with Crippen molar-refractivity contribution in [2.45, 2.75) is 31.7 Å². The molecular weight excluding hydrogens is 363 g/mol. The lowest BCUT2D eigenvalue weighted by Gasteiger charge is -2.14. The lowest BCUT2D eigenvalue weighted by Crippen LogP contribution is -2.24. The maximum atomic E-state index is 13.1. The van der Waals surface area contributed by atoms with E-state index in [0.717, 1.165) is 18.9 Å². The summed E-state index contributed by atoms with van der Waals surface area (Å²) < 4.78 is 51.4. The topological polar surface area (TPSA) is 65.4 Å². The number of halogens is 3. The number of carbonyl (C=O) groups is 1. The molecular formula is C18H20F3N3O3. The second-order valence-corrected chi connectivity index (χ2v) is 6.23. The van der Waals surface area contributed by atoms with Gasteiger partial charge in [-0.05, 0) is 24.5 Å². The van der Waals surface area contributed by atoms with Gasteiger partial charge >= 0.3 is 6.18 Å². The molecule has 1 aromatic carbocycles. The molecule has 1 unspecified atom stereocenters. The number of amides is 1. The second kappa shape index (κ2) is 8.53. The molecule has 0 aliphatic carbocycles. The molecule has 0 spiro atoms. The Morgan fingerprint density at radius 3 is 2.89 bits per heavy atom. The summed E-state index contributed by atoms with van der Waals surface area (Å²) in [5.74, 6) is -0.100.